The first-order valence-electron chi connectivity index (χ1n) is 10.9. The van der Waals surface area contributed by atoms with Gasteiger partial charge in [0.15, 0.2) is 5.16 Å². The van der Waals surface area contributed by atoms with Gasteiger partial charge in [0.2, 0.25) is 5.91 Å². The fraction of sp³-hybridized carbons (Fsp3) is 0.636. The van der Waals surface area contributed by atoms with E-state index in [4.69, 9.17) is 9.72 Å². The van der Waals surface area contributed by atoms with E-state index in [1.54, 1.807) is 11.5 Å². The van der Waals surface area contributed by atoms with E-state index in [0.717, 1.165) is 29.7 Å². The Balaban J connectivity index is 1.91. The zero-order valence-electron chi connectivity index (χ0n) is 19.5. The number of hydrogen-bond donors (Lipinski definition) is 2. The molecule has 3 rings (SSSR count). The van der Waals surface area contributed by atoms with Gasteiger partial charge in [-0.1, -0.05) is 18.7 Å². The number of carbonyl (C=O) groups excluding carboxylic acids is 2. The number of imide groups is 1. The molecule has 1 fully saturated rings. The second kappa shape index (κ2) is 9.93. The van der Waals surface area contributed by atoms with Crippen LogP contribution >= 0.6 is 23.1 Å². The molecule has 1 aliphatic rings. The molecule has 8 nitrogen and oxygen atoms in total. The van der Waals surface area contributed by atoms with Crippen LogP contribution in [0.25, 0.3) is 10.2 Å². The van der Waals surface area contributed by atoms with Gasteiger partial charge in [-0.25, -0.2) is 9.78 Å². The van der Waals surface area contributed by atoms with Gasteiger partial charge in [-0.3, -0.25) is 19.5 Å². The van der Waals surface area contributed by atoms with Gasteiger partial charge in [0, 0.05) is 17.0 Å². The minimum absolute atomic E-state index is 0.0437. The Morgan fingerprint density at radius 1 is 1.38 bits per heavy atom. The van der Waals surface area contributed by atoms with Crippen LogP contribution in [0.4, 0.5) is 4.79 Å². The summed E-state index contributed by atoms with van der Waals surface area (Å²) in [7, 11) is 0. The minimum atomic E-state index is -0.618. The van der Waals surface area contributed by atoms with Crippen molar-refractivity contribution < 1.29 is 14.3 Å². The van der Waals surface area contributed by atoms with E-state index in [2.05, 4.69) is 10.6 Å². The van der Waals surface area contributed by atoms with Gasteiger partial charge >= 0.3 is 6.03 Å². The van der Waals surface area contributed by atoms with Crippen LogP contribution in [-0.2, 0) is 22.5 Å². The first-order chi connectivity index (χ1) is 15.0. The lowest BCUT2D eigenvalue weighted by Crippen LogP contribution is -2.49. The van der Waals surface area contributed by atoms with Gasteiger partial charge in [-0.2, -0.15) is 0 Å². The topological polar surface area (TPSA) is 102 Å². The van der Waals surface area contributed by atoms with Gasteiger partial charge in [0.05, 0.1) is 23.3 Å². The van der Waals surface area contributed by atoms with Gasteiger partial charge in [-0.15, -0.1) is 11.3 Å². The number of rotatable bonds is 6. The summed E-state index contributed by atoms with van der Waals surface area (Å²) in [6.07, 6.45) is 2.58. The fourth-order valence-electron chi connectivity index (χ4n) is 3.70. The summed E-state index contributed by atoms with van der Waals surface area (Å²) in [6.45, 7) is 12.4. The molecule has 1 saturated heterocycles. The summed E-state index contributed by atoms with van der Waals surface area (Å²) in [4.78, 5) is 44.8. The van der Waals surface area contributed by atoms with Crippen molar-refractivity contribution in [1.82, 2.24) is 20.2 Å². The molecule has 0 saturated carbocycles. The number of aromatic nitrogens is 2. The third-order valence-electron chi connectivity index (χ3n) is 5.22. The van der Waals surface area contributed by atoms with Crippen molar-refractivity contribution in [2.45, 2.75) is 89.4 Å². The van der Waals surface area contributed by atoms with Crippen molar-refractivity contribution in [2.24, 2.45) is 0 Å². The quantitative estimate of drug-likeness (QED) is 0.484. The Bertz CT molecular complexity index is 1060. The molecule has 0 radical (unpaired) electrons. The van der Waals surface area contributed by atoms with Crippen LogP contribution < -0.4 is 16.2 Å². The first kappa shape index (κ1) is 24.7. The number of urea groups is 1. The van der Waals surface area contributed by atoms with Gasteiger partial charge < -0.3 is 10.1 Å². The number of amides is 3. The molecule has 2 aromatic heterocycles. The van der Waals surface area contributed by atoms with E-state index in [1.807, 2.05) is 34.6 Å². The van der Waals surface area contributed by atoms with Crippen molar-refractivity contribution in [3.05, 3.63) is 20.8 Å². The predicted octanol–water partition coefficient (Wildman–Crippen LogP) is 3.61. The predicted molar refractivity (Wildman–Crippen MR) is 129 cm³/mol. The van der Waals surface area contributed by atoms with Crippen molar-refractivity contribution in [2.75, 3.05) is 6.61 Å². The van der Waals surface area contributed by atoms with E-state index >= 15 is 0 Å². The molecule has 2 aromatic rings. The molecular formula is C22H32N4O4S2. The summed E-state index contributed by atoms with van der Waals surface area (Å²) >= 11 is 2.69. The van der Waals surface area contributed by atoms with Crippen LogP contribution in [0.15, 0.2) is 9.95 Å². The zero-order valence-corrected chi connectivity index (χ0v) is 21.2. The van der Waals surface area contributed by atoms with Gasteiger partial charge in [0.1, 0.15) is 4.83 Å². The third kappa shape index (κ3) is 5.71. The molecule has 32 heavy (non-hydrogen) atoms. The number of nitrogens with zero attached hydrogens (tertiary/aromatic N) is 2. The summed E-state index contributed by atoms with van der Waals surface area (Å²) in [6, 6.07) is -0.545. The molecule has 3 amide bonds. The number of fused-ring (bicyclic) bond motifs is 1. The molecule has 0 bridgehead atoms. The maximum absolute atomic E-state index is 13.5. The molecule has 1 aliphatic heterocycles. The number of carbonyl (C=O) groups is 2. The molecule has 2 N–H and O–H groups in total. The molecule has 2 unspecified atom stereocenters. The standard InChI is InChI=1S/C22H32N4O4S2/c1-7-15-12(2)31-18-16(15)19(28)26(11-14-9-8-10-30-14)21(24-18)32-13(3)17(27)23-20(29)25-22(4,5)6/h13-14H,7-11H2,1-6H3,(H2,23,25,27,29). The van der Waals surface area contributed by atoms with E-state index in [9.17, 15) is 14.4 Å². The molecule has 10 heteroatoms. The van der Waals surface area contributed by atoms with E-state index < -0.39 is 22.7 Å². The Morgan fingerprint density at radius 3 is 2.69 bits per heavy atom. The molecule has 3 heterocycles. The second-order valence-corrected chi connectivity index (χ2v) is 11.6. The molecular weight excluding hydrogens is 448 g/mol. The number of thioether (sulfide) groups is 1. The van der Waals surface area contributed by atoms with Crippen LogP contribution in [0.1, 0.15) is 57.9 Å². The van der Waals surface area contributed by atoms with Crippen molar-refractivity contribution in [3.63, 3.8) is 0 Å². The zero-order chi connectivity index (χ0) is 23.6. The van der Waals surface area contributed by atoms with Crippen molar-refractivity contribution in [3.8, 4) is 0 Å². The summed E-state index contributed by atoms with van der Waals surface area (Å²) < 4.78 is 7.41. The molecule has 0 aromatic carbocycles. The van der Waals surface area contributed by atoms with E-state index in [-0.39, 0.29) is 11.7 Å². The van der Waals surface area contributed by atoms with Crippen LogP contribution in [0.3, 0.4) is 0 Å². The van der Waals surface area contributed by atoms with Gasteiger partial charge in [0.25, 0.3) is 5.56 Å². The molecule has 176 valence electrons. The Hall–Kier alpha value is -1.91. The Labute approximate surface area is 196 Å². The summed E-state index contributed by atoms with van der Waals surface area (Å²) in [5.41, 5.74) is 0.486. The molecule has 2 atom stereocenters. The SMILES string of the molecule is CCc1c(C)sc2nc(SC(C)C(=O)NC(=O)NC(C)(C)C)n(CC3CCCO3)c(=O)c12. The summed E-state index contributed by atoms with van der Waals surface area (Å²) in [5.74, 6) is -0.439. The number of nitrogens with one attached hydrogen (secondary N) is 2. The largest absolute Gasteiger partial charge is 0.376 e. The van der Waals surface area contributed by atoms with Crippen LogP contribution in [0.2, 0.25) is 0 Å². The highest BCUT2D eigenvalue weighted by molar-refractivity contribution is 8.00. The van der Waals surface area contributed by atoms with Crippen LogP contribution in [-0.4, -0.2) is 45.0 Å². The molecule has 0 spiro atoms. The average Bonchev–Trinajstić information content (AvgIpc) is 3.29. The lowest BCUT2D eigenvalue weighted by atomic mass is 10.1. The highest BCUT2D eigenvalue weighted by Crippen LogP contribution is 2.31. The van der Waals surface area contributed by atoms with Crippen LogP contribution in [0.5, 0.6) is 0 Å². The number of aryl methyl sites for hydroxylation is 2. The normalized spacial score (nSPS) is 17.5. The second-order valence-electron chi connectivity index (χ2n) is 9.07. The first-order valence-corrected chi connectivity index (χ1v) is 12.6. The highest BCUT2D eigenvalue weighted by Gasteiger charge is 2.26. The van der Waals surface area contributed by atoms with E-state index in [1.165, 1.54) is 23.1 Å². The average molecular weight is 481 g/mol. The maximum atomic E-state index is 13.5. The fourth-order valence-corrected chi connectivity index (χ4v) is 5.77. The summed E-state index contributed by atoms with van der Waals surface area (Å²) in [5, 5.41) is 5.61. The number of ether oxygens (including phenoxy) is 1. The third-order valence-corrected chi connectivity index (χ3v) is 7.35. The van der Waals surface area contributed by atoms with Gasteiger partial charge in [-0.05, 0) is 59.4 Å². The Kier molecular flexibility index (Phi) is 7.67. The molecule has 0 aliphatic carbocycles. The van der Waals surface area contributed by atoms with Crippen molar-refractivity contribution >= 4 is 45.3 Å². The number of hydrogen-bond acceptors (Lipinski definition) is 7. The minimum Gasteiger partial charge on any atom is -0.376 e. The monoisotopic (exact) mass is 480 g/mol. The Morgan fingerprint density at radius 2 is 2.09 bits per heavy atom. The smallest absolute Gasteiger partial charge is 0.321 e. The maximum Gasteiger partial charge on any atom is 0.321 e. The van der Waals surface area contributed by atoms with E-state index in [0.29, 0.717) is 28.5 Å². The van der Waals surface area contributed by atoms with Crippen molar-refractivity contribution in [1.29, 1.82) is 0 Å². The highest BCUT2D eigenvalue weighted by atomic mass is 32.2. The van der Waals surface area contributed by atoms with Crippen LogP contribution in [0, 0.1) is 6.92 Å². The lowest BCUT2D eigenvalue weighted by molar-refractivity contribution is -0.119. The number of thiophene rings is 1. The lowest BCUT2D eigenvalue weighted by Gasteiger charge is -2.21.